The molecule has 1 N–H and O–H groups in total. The number of rotatable bonds is 1. The highest BCUT2D eigenvalue weighted by molar-refractivity contribution is 5.50. The summed E-state index contributed by atoms with van der Waals surface area (Å²) in [6.45, 7) is 3.38. The molecular weight excluding hydrogens is 226 g/mol. The molecular formula is C11H11NO5. The summed E-state index contributed by atoms with van der Waals surface area (Å²) in [7, 11) is 0. The van der Waals surface area contributed by atoms with Gasteiger partial charge in [-0.05, 0) is 19.9 Å². The predicted molar refractivity (Wildman–Crippen MR) is 56.6 cm³/mol. The maximum absolute atomic E-state index is 10.7. The Kier molecular flexibility index (Phi) is 1.71. The van der Waals surface area contributed by atoms with Gasteiger partial charge in [-0.1, -0.05) is 0 Å². The van der Waals surface area contributed by atoms with Gasteiger partial charge in [-0.15, -0.1) is 0 Å². The summed E-state index contributed by atoms with van der Waals surface area (Å²) in [5, 5.41) is 20.8. The lowest BCUT2D eigenvalue weighted by molar-refractivity contribution is -0.385. The Hall–Kier alpha value is -1.66. The Morgan fingerprint density at radius 1 is 1.47 bits per heavy atom. The first-order valence-electron chi connectivity index (χ1n) is 5.23. The number of benzene rings is 1. The van der Waals surface area contributed by atoms with Crippen molar-refractivity contribution in [1.82, 2.24) is 0 Å². The van der Waals surface area contributed by atoms with Gasteiger partial charge in [0.15, 0.2) is 5.60 Å². The first-order valence-corrected chi connectivity index (χ1v) is 5.23. The van der Waals surface area contributed by atoms with E-state index in [2.05, 4.69) is 0 Å². The molecule has 0 bridgehead atoms. The van der Waals surface area contributed by atoms with Crippen molar-refractivity contribution in [2.45, 2.75) is 31.3 Å². The first-order chi connectivity index (χ1) is 7.85. The van der Waals surface area contributed by atoms with E-state index < -0.39 is 22.4 Å². The number of aliphatic hydroxyl groups is 1. The molecule has 0 saturated carbocycles. The number of fused-ring (bicyclic) bond motifs is 3. The molecule has 90 valence electrons. The van der Waals surface area contributed by atoms with Crippen LogP contribution in [0, 0.1) is 10.1 Å². The molecule has 2 aliphatic rings. The molecule has 2 atom stereocenters. The quantitative estimate of drug-likeness (QED) is 0.454. The lowest BCUT2D eigenvalue weighted by Gasteiger charge is -2.33. The van der Waals surface area contributed by atoms with Crippen molar-refractivity contribution in [2.75, 3.05) is 0 Å². The van der Waals surface area contributed by atoms with Gasteiger partial charge in [0.2, 0.25) is 5.79 Å². The van der Waals surface area contributed by atoms with Crippen LogP contribution in [-0.4, -0.2) is 21.4 Å². The number of hydrogen-bond donors (Lipinski definition) is 1. The molecule has 2 heterocycles. The van der Waals surface area contributed by atoms with Crippen LogP contribution in [-0.2, 0) is 4.74 Å². The van der Waals surface area contributed by atoms with Crippen LogP contribution in [0.1, 0.15) is 25.5 Å². The second-order valence-electron chi connectivity index (χ2n) is 4.79. The minimum Gasteiger partial charge on any atom is -0.481 e. The van der Waals surface area contributed by atoms with Gasteiger partial charge < -0.3 is 14.6 Å². The average Bonchev–Trinajstić information content (AvgIpc) is 2.91. The van der Waals surface area contributed by atoms with Crippen LogP contribution in [0.4, 0.5) is 5.69 Å². The van der Waals surface area contributed by atoms with Gasteiger partial charge >= 0.3 is 0 Å². The molecule has 0 radical (unpaired) electrons. The van der Waals surface area contributed by atoms with E-state index in [-0.39, 0.29) is 5.69 Å². The van der Waals surface area contributed by atoms with Crippen LogP contribution in [0.5, 0.6) is 5.75 Å². The van der Waals surface area contributed by atoms with Crippen LogP contribution in [0.15, 0.2) is 18.2 Å². The van der Waals surface area contributed by atoms with Gasteiger partial charge in [-0.25, -0.2) is 0 Å². The van der Waals surface area contributed by atoms with E-state index in [0.717, 1.165) is 0 Å². The number of non-ortho nitro benzene ring substituents is 1. The molecule has 1 aromatic rings. The molecule has 2 aliphatic heterocycles. The largest absolute Gasteiger partial charge is 0.481 e. The van der Waals surface area contributed by atoms with Crippen LogP contribution < -0.4 is 4.74 Å². The number of epoxide rings is 1. The van der Waals surface area contributed by atoms with Crippen LogP contribution in [0.2, 0.25) is 0 Å². The fourth-order valence-corrected chi connectivity index (χ4v) is 2.17. The van der Waals surface area contributed by atoms with E-state index in [1.165, 1.54) is 12.1 Å². The first kappa shape index (κ1) is 10.5. The predicted octanol–water partition coefficient (Wildman–Crippen LogP) is 1.53. The summed E-state index contributed by atoms with van der Waals surface area (Å²) >= 11 is 0. The third kappa shape index (κ3) is 1.22. The lowest BCUT2D eigenvalue weighted by Crippen LogP contribution is -2.47. The zero-order valence-electron chi connectivity index (χ0n) is 9.34. The second-order valence-corrected chi connectivity index (χ2v) is 4.79. The zero-order chi connectivity index (χ0) is 12.4. The van der Waals surface area contributed by atoms with Gasteiger partial charge in [0.05, 0.1) is 11.0 Å². The third-order valence-electron chi connectivity index (χ3n) is 3.31. The molecule has 0 amide bonds. The fraction of sp³-hybridized carbons (Fsp3) is 0.455. The third-order valence-corrected chi connectivity index (χ3v) is 3.31. The maximum atomic E-state index is 10.7. The van der Waals surface area contributed by atoms with E-state index in [0.29, 0.717) is 11.3 Å². The summed E-state index contributed by atoms with van der Waals surface area (Å²) in [5.74, 6) is -0.924. The van der Waals surface area contributed by atoms with Crippen molar-refractivity contribution in [3.8, 4) is 5.75 Å². The van der Waals surface area contributed by atoms with E-state index >= 15 is 0 Å². The smallest absolute Gasteiger partial charge is 0.273 e. The van der Waals surface area contributed by atoms with Crippen LogP contribution >= 0.6 is 0 Å². The van der Waals surface area contributed by atoms with Gasteiger partial charge in [-0.3, -0.25) is 10.1 Å². The number of nitrogens with zero attached hydrogens (tertiary/aromatic N) is 1. The number of nitro groups is 1. The summed E-state index contributed by atoms with van der Waals surface area (Å²) in [4.78, 5) is 10.2. The molecule has 1 fully saturated rings. The number of ether oxygens (including phenoxy) is 2. The molecule has 17 heavy (non-hydrogen) atoms. The topological polar surface area (TPSA) is 85.1 Å². The molecule has 6 nitrogen and oxygen atoms in total. The number of nitro benzene ring substituents is 1. The Morgan fingerprint density at radius 2 is 2.18 bits per heavy atom. The monoisotopic (exact) mass is 237 g/mol. The zero-order valence-corrected chi connectivity index (χ0v) is 9.34. The Balaban J connectivity index is 2.10. The van der Waals surface area contributed by atoms with Crippen molar-refractivity contribution in [3.05, 3.63) is 33.9 Å². The number of hydrogen-bond acceptors (Lipinski definition) is 5. The highest BCUT2D eigenvalue weighted by Crippen LogP contribution is 2.60. The average molecular weight is 237 g/mol. The van der Waals surface area contributed by atoms with Gasteiger partial charge in [-0.2, -0.15) is 0 Å². The molecule has 0 aromatic heterocycles. The molecule has 3 rings (SSSR count). The molecule has 0 spiro atoms. The van der Waals surface area contributed by atoms with Crippen molar-refractivity contribution in [3.63, 3.8) is 0 Å². The van der Waals surface area contributed by atoms with E-state index in [1.807, 2.05) is 0 Å². The minimum absolute atomic E-state index is 0.0364. The molecule has 0 aliphatic carbocycles. The van der Waals surface area contributed by atoms with Crippen molar-refractivity contribution in [2.24, 2.45) is 0 Å². The van der Waals surface area contributed by atoms with E-state index in [9.17, 15) is 15.2 Å². The maximum Gasteiger partial charge on any atom is 0.273 e. The molecule has 6 heteroatoms. The second kappa shape index (κ2) is 2.77. The molecule has 1 saturated heterocycles. The summed E-state index contributed by atoms with van der Waals surface area (Å²) in [6, 6.07) is 4.30. The molecule has 1 unspecified atom stereocenters. The molecule has 1 aromatic carbocycles. The normalized spacial score (nSPS) is 32.1. The van der Waals surface area contributed by atoms with Crippen molar-refractivity contribution < 1.29 is 19.5 Å². The Bertz CT molecular complexity index is 527. The SMILES string of the molecule is CC1(C)Oc2cc([N+](=O)[O-])ccc2[C@@H]2OC21O. The van der Waals surface area contributed by atoms with Crippen molar-refractivity contribution >= 4 is 5.69 Å². The summed E-state index contributed by atoms with van der Waals surface area (Å²) in [5.41, 5.74) is -0.303. The van der Waals surface area contributed by atoms with Crippen molar-refractivity contribution in [1.29, 1.82) is 0 Å². The highest BCUT2D eigenvalue weighted by atomic mass is 16.8. The van der Waals surface area contributed by atoms with E-state index in [4.69, 9.17) is 9.47 Å². The minimum atomic E-state index is -1.32. The van der Waals surface area contributed by atoms with E-state index in [1.54, 1.807) is 19.9 Å². The fourth-order valence-electron chi connectivity index (χ4n) is 2.17. The summed E-state index contributed by atoms with van der Waals surface area (Å²) < 4.78 is 10.9. The Morgan fingerprint density at radius 3 is 2.82 bits per heavy atom. The van der Waals surface area contributed by atoms with Gasteiger partial charge in [0.25, 0.3) is 5.69 Å². The van der Waals surface area contributed by atoms with Gasteiger partial charge in [0.1, 0.15) is 11.9 Å². The van der Waals surface area contributed by atoms with Crippen LogP contribution in [0.25, 0.3) is 0 Å². The van der Waals surface area contributed by atoms with Gasteiger partial charge in [0, 0.05) is 11.6 Å². The highest BCUT2D eigenvalue weighted by Gasteiger charge is 2.70. The standard InChI is InChI=1S/C11H11NO5/c1-10(2)11(13)9(17-11)7-4-3-6(12(14)15)5-8(7)16-10/h3-5,9,13H,1-2H3/t9-,11?/m0/s1. The summed E-state index contributed by atoms with van der Waals surface area (Å²) in [6.07, 6.45) is -0.456. The Labute approximate surface area is 96.9 Å². The lowest BCUT2D eigenvalue weighted by atomic mass is 9.91. The van der Waals surface area contributed by atoms with Crippen LogP contribution in [0.3, 0.4) is 0 Å².